The van der Waals surface area contributed by atoms with Crippen molar-refractivity contribution in [1.29, 1.82) is 0 Å². The molecule has 0 bridgehead atoms. The molecule has 0 unspecified atom stereocenters. The molecule has 0 aliphatic carbocycles. The van der Waals surface area contributed by atoms with Gasteiger partial charge in [0.15, 0.2) is 0 Å². The minimum Gasteiger partial charge on any atom is -0.409 e. The van der Waals surface area contributed by atoms with E-state index in [2.05, 4.69) is 10.00 Å². The van der Waals surface area contributed by atoms with E-state index in [1.807, 2.05) is 0 Å². The van der Waals surface area contributed by atoms with Gasteiger partial charge in [0.05, 0.1) is 11.6 Å². The number of aromatic nitrogens is 2. The number of hydrogen-bond acceptors (Lipinski definition) is 6. The summed E-state index contributed by atoms with van der Waals surface area (Å²) in [5.74, 6) is 0.308. The van der Waals surface area contributed by atoms with Crippen LogP contribution in [0.2, 0.25) is 0 Å². The summed E-state index contributed by atoms with van der Waals surface area (Å²) < 4.78 is 7.08. The molecular formula is C13H14N4O3S. The molecule has 21 heavy (non-hydrogen) atoms. The van der Waals surface area contributed by atoms with Crippen LogP contribution in [-0.4, -0.2) is 32.7 Å². The van der Waals surface area contributed by atoms with E-state index in [1.54, 1.807) is 16.8 Å². The van der Waals surface area contributed by atoms with Crippen LogP contribution in [0.25, 0.3) is 11.5 Å². The van der Waals surface area contributed by atoms with Crippen molar-refractivity contribution in [2.24, 2.45) is 0 Å². The van der Waals surface area contributed by atoms with Gasteiger partial charge in [-0.15, -0.1) is 5.10 Å². The lowest BCUT2D eigenvalue weighted by Crippen LogP contribution is -2.23. The fourth-order valence-corrected chi connectivity index (χ4v) is 2.56. The molecule has 0 amide bonds. The highest BCUT2D eigenvalue weighted by Crippen LogP contribution is 2.23. The normalized spacial score (nSPS) is 15.4. The molecule has 0 spiro atoms. The number of nitro groups is 1. The zero-order valence-corrected chi connectivity index (χ0v) is 12.1. The summed E-state index contributed by atoms with van der Waals surface area (Å²) >= 11 is 5.17. The minimum atomic E-state index is -0.445. The summed E-state index contributed by atoms with van der Waals surface area (Å²) in [6.07, 6.45) is 2.37. The van der Waals surface area contributed by atoms with Crippen molar-refractivity contribution in [3.8, 4) is 11.5 Å². The molecule has 2 aromatic rings. The van der Waals surface area contributed by atoms with Crippen LogP contribution in [0.1, 0.15) is 12.8 Å². The zero-order chi connectivity index (χ0) is 14.8. The lowest BCUT2D eigenvalue weighted by molar-refractivity contribution is -0.384. The van der Waals surface area contributed by atoms with Crippen LogP contribution < -0.4 is 0 Å². The van der Waals surface area contributed by atoms with E-state index in [0.717, 1.165) is 13.1 Å². The van der Waals surface area contributed by atoms with E-state index >= 15 is 0 Å². The van der Waals surface area contributed by atoms with Crippen molar-refractivity contribution < 1.29 is 9.34 Å². The molecule has 1 aliphatic rings. The Hall–Kier alpha value is -2.06. The van der Waals surface area contributed by atoms with Crippen LogP contribution in [0, 0.1) is 15.0 Å². The Balaban J connectivity index is 1.87. The molecule has 0 N–H and O–H groups in total. The molecule has 1 aromatic carbocycles. The third-order valence-electron chi connectivity index (χ3n) is 3.44. The first kappa shape index (κ1) is 13.9. The van der Waals surface area contributed by atoms with E-state index in [-0.39, 0.29) is 10.5 Å². The SMILES string of the molecule is O=[N+]([O-])c1cccc(-c2nn(CN3CCCC3)c(=S)o2)c1. The van der Waals surface area contributed by atoms with Crippen molar-refractivity contribution in [2.75, 3.05) is 13.1 Å². The van der Waals surface area contributed by atoms with Crippen molar-refractivity contribution in [2.45, 2.75) is 19.5 Å². The maximum atomic E-state index is 10.8. The van der Waals surface area contributed by atoms with Crippen molar-refractivity contribution in [1.82, 2.24) is 14.7 Å². The molecule has 1 aromatic heterocycles. The van der Waals surface area contributed by atoms with E-state index < -0.39 is 4.92 Å². The van der Waals surface area contributed by atoms with E-state index in [9.17, 15) is 10.1 Å². The third kappa shape index (κ3) is 3.01. The van der Waals surface area contributed by atoms with Crippen molar-refractivity contribution in [3.63, 3.8) is 0 Å². The zero-order valence-electron chi connectivity index (χ0n) is 11.3. The minimum absolute atomic E-state index is 0.00251. The van der Waals surface area contributed by atoms with Gasteiger partial charge in [0, 0.05) is 17.7 Å². The molecular weight excluding hydrogens is 292 g/mol. The summed E-state index contributed by atoms with van der Waals surface area (Å²) in [6.45, 7) is 2.65. The van der Waals surface area contributed by atoms with Crippen molar-refractivity contribution in [3.05, 3.63) is 39.2 Å². The maximum absolute atomic E-state index is 10.8. The summed E-state index contributed by atoms with van der Waals surface area (Å²) in [5.41, 5.74) is 0.554. The Labute approximate surface area is 125 Å². The molecule has 0 radical (unpaired) electrons. The van der Waals surface area contributed by atoms with Gasteiger partial charge in [-0.3, -0.25) is 15.0 Å². The largest absolute Gasteiger partial charge is 0.409 e. The summed E-state index contributed by atoms with van der Waals surface area (Å²) in [7, 11) is 0. The average Bonchev–Trinajstić information content (AvgIpc) is 3.10. The highest BCUT2D eigenvalue weighted by molar-refractivity contribution is 7.71. The second kappa shape index (κ2) is 5.74. The topological polar surface area (TPSA) is 77.3 Å². The summed E-state index contributed by atoms with van der Waals surface area (Å²) in [5, 5.41) is 15.1. The van der Waals surface area contributed by atoms with Gasteiger partial charge in [-0.05, 0) is 44.2 Å². The number of hydrogen-bond donors (Lipinski definition) is 0. The summed E-state index contributed by atoms with van der Waals surface area (Å²) in [4.78, 5) is 12.9. The van der Waals surface area contributed by atoms with Crippen LogP contribution in [0.4, 0.5) is 5.69 Å². The number of likely N-dealkylation sites (tertiary alicyclic amines) is 1. The van der Waals surface area contributed by atoms with Crippen LogP contribution in [-0.2, 0) is 6.67 Å². The van der Waals surface area contributed by atoms with Gasteiger partial charge in [0.1, 0.15) is 0 Å². The molecule has 2 heterocycles. The maximum Gasteiger partial charge on any atom is 0.288 e. The Morgan fingerprint density at radius 1 is 1.38 bits per heavy atom. The lowest BCUT2D eigenvalue weighted by atomic mass is 10.2. The molecule has 1 saturated heterocycles. The number of rotatable bonds is 4. The second-order valence-corrected chi connectivity index (χ2v) is 5.30. The van der Waals surface area contributed by atoms with Crippen LogP contribution in [0.3, 0.4) is 0 Å². The van der Waals surface area contributed by atoms with Gasteiger partial charge in [0.2, 0.25) is 5.89 Å². The van der Waals surface area contributed by atoms with Crippen molar-refractivity contribution >= 4 is 17.9 Å². The number of nitrogens with zero attached hydrogens (tertiary/aromatic N) is 4. The molecule has 110 valence electrons. The van der Waals surface area contributed by atoms with Crippen LogP contribution >= 0.6 is 12.2 Å². The standard InChI is InChI=1S/C13H14N4O3S/c18-17(19)11-5-3-4-10(8-11)12-14-16(13(21)20-12)9-15-6-1-2-7-15/h3-5,8H,1-2,6-7,9H2. The number of benzene rings is 1. The lowest BCUT2D eigenvalue weighted by Gasteiger charge is -2.12. The molecule has 1 fully saturated rings. The van der Waals surface area contributed by atoms with Gasteiger partial charge in [-0.1, -0.05) is 6.07 Å². The molecule has 1 aliphatic heterocycles. The molecule has 0 atom stereocenters. The first-order valence-electron chi connectivity index (χ1n) is 6.68. The molecule has 8 heteroatoms. The number of nitro benzene ring substituents is 1. The molecule has 3 rings (SSSR count). The highest BCUT2D eigenvalue weighted by Gasteiger charge is 2.16. The Bertz CT molecular complexity index is 718. The monoisotopic (exact) mass is 306 g/mol. The van der Waals surface area contributed by atoms with Crippen LogP contribution in [0.5, 0.6) is 0 Å². The van der Waals surface area contributed by atoms with E-state index in [1.165, 1.54) is 25.0 Å². The predicted octanol–water partition coefficient (Wildman–Crippen LogP) is 2.83. The van der Waals surface area contributed by atoms with Gasteiger partial charge < -0.3 is 4.42 Å². The van der Waals surface area contributed by atoms with Crippen LogP contribution in [0.15, 0.2) is 28.7 Å². The fourth-order valence-electron chi connectivity index (χ4n) is 2.38. The highest BCUT2D eigenvalue weighted by atomic mass is 32.1. The Kier molecular flexibility index (Phi) is 3.80. The molecule has 0 saturated carbocycles. The third-order valence-corrected chi connectivity index (χ3v) is 3.74. The first-order valence-corrected chi connectivity index (χ1v) is 7.09. The predicted molar refractivity (Wildman–Crippen MR) is 78.2 cm³/mol. The average molecular weight is 306 g/mol. The smallest absolute Gasteiger partial charge is 0.288 e. The quantitative estimate of drug-likeness (QED) is 0.491. The molecule has 7 nitrogen and oxygen atoms in total. The summed E-state index contributed by atoms with van der Waals surface area (Å²) in [6, 6.07) is 6.18. The van der Waals surface area contributed by atoms with Gasteiger partial charge in [-0.2, -0.15) is 0 Å². The number of non-ortho nitro benzene ring substituents is 1. The van der Waals surface area contributed by atoms with Gasteiger partial charge in [-0.25, -0.2) is 4.68 Å². The Morgan fingerprint density at radius 3 is 2.86 bits per heavy atom. The second-order valence-electron chi connectivity index (χ2n) is 4.95. The van der Waals surface area contributed by atoms with Gasteiger partial charge >= 0.3 is 0 Å². The van der Waals surface area contributed by atoms with Gasteiger partial charge in [0.25, 0.3) is 10.5 Å². The first-order chi connectivity index (χ1) is 10.1. The Morgan fingerprint density at radius 2 is 2.14 bits per heavy atom. The van der Waals surface area contributed by atoms with E-state index in [4.69, 9.17) is 16.6 Å². The van der Waals surface area contributed by atoms with E-state index in [0.29, 0.717) is 18.1 Å². The fraction of sp³-hybridized carbons (Fsp3) is 0.385.